The van der Waals surface area contributed by atoms with Gasteiger partial charge in [-0.15, -0.1) is 0 Å². The maximum atomic E-state index is 3.63. The van der Waals surface area contributed by atoms with Gasteiger partial charge < -0.3 is 4.57 Å². The molecular weight excluding hydrogens is 358 g/mol. The third-order valence-corrected chi connectivity index (χ3v) is 5.15. The molecule has 1 nitrogen and oxygen atoms in total. The first-order valence-electron chi connectivity index (χ1n) is 7.98. The van der Waals surface area contributed by atoms with Gasteiger partial charge in [-0.1, -0.05) is 64.5 Å². The molecule has 0 saturated heterocycles. The van der Waals surface area contributed by atoms with Crippen molar-refractivity contribution in [3.8, 4) is 5.69 Å². The van der Waals surface area contributed by atoms with E-state index in [9.17, 15) is 0 Å². The van der Waals surface area contributed by atoms with E-state index in [0.29, 0.717) is 0 Å². The Balaban J connectivity index is 1.99. The van der Waals surface area contributed by atoms with Crippen molar-refractivity contribution in [3.05, 3.63) is 89.7 Å². The summed E-state index contributed by atoms with van der Waals surface area (Å²) in [4.78, 5) is 0. The molecule has 24 heavy (non-hydrogen) atoms. The monoisotopic (exact) mass is 371 g/mol. The van der Waals surface area contributed by atoms with Crippen LogP contribution in [-0.4, -0.2) is 4.57 Å². The van der Waals surface area contributed by atoms with Crippen molar-refractivity contribution in [2.75, 3.05) is 0 Å². The third-order valence-electron chi connectivity index (χ3n) is 4.66. The molecule has 5 rings (SSSR count). The maximum Gasteiger partial charge on any atom is 0.0449 e. The highest BCUT2D eigenvalue weighted by Gasteiger charge is 2.11. The summed E-state index contributed by atoms with van der Waals surface area (Å²) >= 11 is 3.63. The molecule has 0 aliphatic carbocycles. The molecule has 0 aliphatic heterocycles. The van der Waals surface area contributed by atoms with Crippen molar-refractivity contribution in [1.29, 1.82) is 0 Å². The van der Waals surface area contributed by atoms with E-state index in [4.69, 9.17) is 0 Å². The van der Waals surface area contributed by atoms with Gasteiger partial charge in [-0.25, -0.2) is 0 Å². The predicted octanol–water partition coefficient (Wildman–Crippen LogP) is 6.70. The summed E-state index contributed by atoms with van der Waals surface area (Å²) in [5.74, 6) is 0. The molecule has 0 spiro atoms. The molecule has 5 aromatic rings. The number of nitrogens with zero attached hydrogens (tertiary/aromatic N) is 1. The van der Waals surface area contributed by atoms with Crippen LogP contribution in [-0.2, 0) is 0 Å². The summed E-state index contributed by atoms with van der Waals surface area (Å²) in [6.07, 6.45) is 4.49. The van der Waals surface area contributed by atoms with Crippen molar-refractivity contribution < 1.29 is 0 Å². The van der Waals surface area contributed by atoms with Gasteiger partial charge in [0.1, 0.15) is 0 Å². The van der Waals surface area contributed by atoms with Crippen molar-refractivity contribution in [2.24, 2.45) is 0 Å². The lowest BCUT2D eigenvalue weighted by Gasteiger charge is -2.07. The average molecular weight is 372 g/mol. The second-order valence-electron chi connectivity index (χ2n) is 6.06. The molecule has 2 heteroatoms. The van der Waals surface area contributed by atoms with Gasteiger partial charge in [-0.2, -0.15) is 0 Å². The zero-order valence-corrected chi connectivity index (χ0v) is 14.5. The molecule has 0 bridgehead atoms. The SMILES string of the molecule is Brc1ccc2c3ccccc3c3cn(-c4ccccc4)cc3c2c1. The Morgan fingerprint density at radius 2 is 1.12 bits per heavy atom. The number of rotatable bonds is 1. The summed E-state index contributed by atoms with van der Waals surface area (Å²) < 4.78 is 3.33. The summed E-state index contributed by atoms with van der Waals surface area (Å²) in [5.41, 5.74) is 1.18. The minimum Gasteiger partial charge on any atom is -0.323 e. The van der Waals surface area contributed by atoms with E-state index in [-0.39, 0.29) is 0 Å². The second kappa shape index (κ2) is 5.22. The number of aromatic nitrogens is 1. The van der Waals surface area contributed by atoms with Crippen LogP contribution in [0.15, 0.2) is 89.7 Å². The van der Waals surface area contributed by atoms with Crippen molar-refractivity contribution in [3.63, 3.8) is 0 Å². The quantitative estimate of drug-likeness (QED) is 0.289. The Bertz CT molecular complexity index is 1200. The first kappa shape index (κ1) is 13.8. The lowest BCUT2D eigenvalue weighted by Crippen LogP contribution is -1.87. The molecule has 1 aromatic heterocycles. The molecule has 0 saturated carbocycles. The van der Waals surface area contributed by atoms with Gasteiger partial charge >= 0.3 is 0 Å². The third kappa shape index (κ3) is 2.00. The van der Waals surface area contributed by atoms with Crippen LogP contribution in [0, 0.1) is 0 Å². The smallest absolute Gasteiger partial charge is 0.0449 e. The standard InChI is InChI=1S/C22H14BrN/c23-15-10-11-19-17-8-4-5-9-18(17)21-13-24(14-22(21)20(19)12-15)16-6-2-1-3-7-16/h1-14H. The highest BCUT2D eigenvalue weighted by molar-refractivity contribution is 9.10. The fraction of sp³-hybridized carbons (Fsp3) is 0. The molecule has 0 aliphatic rings. The topological polar surface area (TPSA) is 4.93 Å². The summed E-state index contributed by atoms with van der Waals surface area (Å²) in [7, 11) is 0. The van der Waals surface area contributed by atoms with E-state index >= 15 is 0 Å². The van der Waals surface area contributed by atoms with Crippen molar-refractivity contribution in [1.82, 2.24) is 4.57 Å². The van der Waals surface area contributed by atoms with Crippen LogP contribution >= 0.6 is 15.9 Å². The van der Waals surface area contributed by atoms with Gasteiger partial charge in [0.05, 0.1) is 0 Å². The van der Waals surface area contributed by atoms with Gasteiger partial charge in [0.25, 0.3) is 0 Å². The van der Waals surface area contributed by atoms with E-state index in [1.165, 1.54) is 38.0 Å². The van der Waals surface area contributed by atoms with Crippen LogP contribution in [0.4, 0.5) is 0 Å². The molecule has 0 atom stereocenters. The van der Waals surface area contributed by atoms with E-state index in [1.54, 1.807) is 0 Å². The molecule has 4 aromatic carbocycles. The van der Waals surface area contributed by atoms with Crippen LogP contribution in [0.3, 0.4) is 0 Å². The molecule has 0 radical (unpaired) electrons. The second-order valence-corrected chi connectivity index (χ2v) is 6.98. The van der Waals surface area contributed by atoms with Crippen LogP contribution in [0.5, 0.6) is 0 Å². The molecule has 0 fully saturated rings. The highest BCUT2D eigenvalue weighted by atomic mass is 79.9. The molecule has 0 unspecified atom stereocenters. The summed E-state index contributed by atoms with van der Waals surface area (Å²) in [6, 6.07) is 25.7. The molecule has 0 amide bonds. The van der Waals surface area contributed by atoms with Crippen LogP contribution in [0.25, 0.3) is 38.0 Å². The Morgan fingerprint density at radius 3 is 1.88 bits per heavy atom. The zero-order chi connectivity index (χ0) is 16.1. The van der Waals surface area contributed by atoms with E-state index in [1.807, 2.05) is 0 Å². The normalized spacial score (nSPS) is 11.5. The van der Waals surface area contributed by atoms with Crippen molar-refractivity contribution >= 4 is 48.2 Å². The van der Waals surface area contributed by atoms with Crippen LogP contribution in [0.2, 0.25) is 0 Å². The lowest BCUT2D eigenvalue weighted by molar-refractivity contribution is 1.09. The number of benzene rings is 4. The Morgan fingerprint density at radius 1 is 0.542 bits per heavy atom. The molecule has 114 valence electrons. The van der Waals surface area contributed by atoms with Crippen LogP contribution < -0.4 is 0 Å². The molecule has 1 heterocycles. The number of hydrogen-bond donors (Lipinski definition) is 0. The van der Waals surface area contributed by atoms with E-state index in [0.717, 1.165) is 4.47 Å². The Labute approximate surface area is 148 Å². The van der Waals surface area contributed by atoms with Crippen molar-refractivity contribution in [2.45, 2.75) is 0 Å². The Hall–Kier alpha value is -2.58. The predicted molar refractivity (Wildman–Crippen MR) is 106 cm³/mol. The molecular formula is C22H14BrN. The summed E-state index contributed by atoms with van der Waals surface area (Å²) in [5, 5.41) is 7.77. The lowest BCUT2D eigenvalue weighted by atomic mass is 9.97. The minimum atomic E-state index is 1.11. The van der Waals surface area contributed by atoms with Crippen LogP contribution in [0.1, 0.15) is 0 Å². The van der Waals surface area contributed by atoms with E-state index < -0.39 is 0 Å². The van der Waals surface area contributed by atoms with E-state index in [2.05, 4.69) is 106 Å². The van der Waals surface area contributed by atoms with Gasteiger partial charge in [0, 0.05) is 33.3 Å². The maximum absolute atomic E-state index is 3.63. The first-order chi connectivity index (χ1) is 11.8. The van der Waals surface area contributed by atoms with Gasteiger partial charge in [-0.05, 0) is 45.8 Å². The average Bonchev–Trinajstić information content (AvgIpc) is 3.08. The number of hydrogen-bond acceptors (Lipinski definition) is 0. The van der Waals surface area contributed by atoms with Gasteiger partial charge in [-0.3, -0.25) is 0 Å². The number of halogens is 1. The highest BCUT2D eigenvalue weighted by Crippen LogP contribution is 2.37. The number of para-hydroxylation sites is 1. The largest absolute Gasteiger partial charge is 0.323 e. The minimum absolute atomic E-state index is 1.11. The summed E-state index contributed by atoms with van der Waals surface area (Å²) in [6.45, 7) is 0. The van der Waals surface area contributed by atoms with Gasteiger partial charge in [0.2, 0.25) is 0 Å². The molecule has 0 N–H and O–H groups in total. The first-order valence-corrected chi connectivity index (χ1v) is 8.78. The fourth-order valence-corrected chi connectivity index (χ4v) is 3.92. The Kier molecular flexibility index (Phi) is 3.00. The zero-order valence-electron chi connectivity index (χ0n) is 12.9. The fourth-order valence-electron chi connectivity index (χ4n) is 3.56. The van der Waals surface area contributed by atoms with Gasteiger partial charge in [0.15, 0.2) is 0 Å². The number of fused-ring (bicyclic) bond motifs is 6.